The lowest BCUT2D eigenvalue weighted by Gasteiger charge is -2.25. The van der Waals surface area contributed by atoms with Gasteiger partial charge in [-0.2, -0.15) is 0 Å². The average Bonchev–Trinajstić information content (AvgIpc) is 2.97. The molecule has 1 unspecified atom stereocenters. The predicted octanol–water partition coefficient (Wildman–Crippen LogP) is 2.10. The minimum atomic E-state index is -0.346. The molecule has 1 aliphatic rings. The Morgan fingerprint density at radius 2 is 1.72 bits per heavy atom. The highest BCUT2D eigenvalue weighted by atomic mass is 16.5. The molecule has 0 fully saturated rings. The van der Waals surface area contributed by atoms with Gasteiger partial charge >= 0.3 is 0 Å². The Morgan fingerprint density at radius 3 is 2.31 bits per heavy atom. The van der Waals surface area contributed by atoms with Crippen LogP contribution in [-0.2, 0) is 4.79 Å². The lowest BCUT2D eigenvalue weighted by atomic mass is 10.1. The van der Waals surface area contributed by atoms with Crippen LogP contribution in [0.4, 0.5) is 0 Å². The van der Waals surface area contributed by atoms with Gasteiger partial charge in [-0.05, 0) is 43.9 Å². The normalized spacial score (nSPS) is 14.1. The molecule has 1 N–H and O–H groups in total. The fraction of sp³-hybridized carbons (Fsp3) is 0.318. The van der Waals surface area contributed by atoms with Gasteiger partial charge in [-0.1, -0.05) is 24.3 Å². The first-order chi connectivity index (χ1) is 13.9. The molecular weight excluding hydrogens is 370 g/mol. The molecular formula is C22H25N3O4. The third-order valence-corrected chi connectivity index (χ3v) is 5.04. The fourth-order valence-electron chi connectivity index (χ4n) is 3.40. The van der Waals surface area contributed by atoms with Gasteiger partial charge in [0.25, 0.3) is 11.8 Å². The largest absolute Gasteiger partial charge is 0.497 e. The first kappa shape index (κ1) is 20.5. The number of fused-ring (bicyclic) bond motifs is 1. The Morgan fingerprint density at radius 1 is 1.07 bits per heavy atom. The highest BCUT2D eigenvalue weighted by molar-refractivity contribution is 6.21. The maximum Gasteiger partial charge on any atom is 0.261 e. The Kier molecular flexibility index (Phi) is 6.29. The van der Waals surface area contributed by atoms with E-state index >= 15 is 0 Å². The molecule has 152 valence electrons. The Labute approximate surface area is 170 Å². The average molecular weight is 395 g/mol. The molecule has 1 atom stereocenters. The number of ether oxygens (including phenoxy) is 1. The maximum absolute atomic E-state index is 12.4. The number of likely N-dealkylation sites (N-methyl/N-ethyl adjacent to an activating group) is 1. The molecule has 1 heterocycles. The quantitative estimate of drug-likeness (QED) is 0.693. The van der Waals surface area contributed by atoms with Crippen LogP contribution >= 0.6 is 0 Å². The standard InChI is InChI=1S/C22H25N3O4/c1-24(2)19(15-7-6-8-16(13-15)29-3)14-23-20(26)11-12-25-21(27)17-9-4-5-10-18(17)22(25)28/h4-10,13,19H,11-12,14H2,1-3H3,(H,23,26). The number of nitrogens with zero attached hydrogens (tertiary/aromatic N) is 2. The summed E-state index contributed by atoms with van der Waals surface area (Å²) in [5, 5.41) is 2.90. The number of amides is 3. The van der Waals surface area contributed by atoms with Crippen LogP contribution in [0.15, 0.2) is 48.5 Å². The fourth-order valence-corrected chi connectivity index (χ4v) is 3.40. The van der Waals surface area contributed by atoms with E-state index in [9.17, 15) is 14.4 Å². The van der Waals surface area contributed by atoms with Crippen molar-refractivity contribution in [1.82, 2.24) is 15.1 Å². The van der Waals surface area contributed by atoms with Gasteiger partial charge in [0.15, 0.2) is 0 Å². The Balaban J connectivity index is 1.56. The summed E-state index contributed by atoms with van der Waals surface area (Å²) in [6.45, 7) is 0.463. The van der Waals surface area contributed by atoms with E-state index in [1.807, 2.05) is 43.3 Å². The molecule has 3 rings (SSSR count). The van der Waals surface area contributed by atoms with Gasteiger partial charge in [0.1, 0.15) is 5.75 Å². The first-order valence-electron chi connectivity index (χ1n) is 9.44. The van der Waals surface area contributed by atoms with Crippen LogP contribution in [0, 0.1) is 0 Å². The number of hydrogen-bond acceptors (Lipinski definition) is 5. The van der Waals surface area contributed by atoms with E-state index in [4.69, 9.17) is 4.74 Å². The summed E-state index contributed by atoms with van der Waals surface area (Å²) in [6.07, 6.45) is 0.0593. The molecule has 0 spiro atoms. The molecule has 0 aromatic heterocycles. The zero-order valence-electron chi connectivity index (χ0n) is 16.8. The smallest absolute Gasteiger partial charge is 0.261 e. The third-order valence-electron chi connectivity index (χ3n) is 5.04. The van der Waals surface area contributed by atoms with E-state index in [1.54, 1.807) is 31.4 Å². The first-order valence-corrected chi connectivity index (χ1v) is 9.44. The number of hydrogen-bond donors (Lipinski definition) is 1. The zero-order valence-corrected chi connectivity index (χ0v) is 16.8. The zero-order chi connectivity index (χ0) is 21.0. The second-order valence-electron chi connectivity index (χ2n) is 7.12. The number of carbonyl (C=O) groups excluding carboxylic acids is 3. The van der Waals surface area contributed by atoms with Crippen molar-refractivity contribution in [1.29, 1.82) is 0 Å². The van der Waals surface area contributed by atoms with Crippen LogP contribution < -0.4 is 10.1 Å². The molecule has 7 nitrogen and oxygen atoms in total. The molecule has 7 heteroatoms. The van der Waals surface area contributed by atoms with Crippen molar-refractivity contribution in [2.24, 2.45) is 0 Å². The Hall–Kier alpha value is -3.19. The molecule has 29 heavy (non-hydrogen) atoms. The van der Waals surface area contributed by atoms with Gasteiger partial charge in [0, 0.05) is 19.5 Å². The molecule has 0 saturated heterocycles. The molecule has 0 saturated carbocycles. The summed E-state index contributed by atoms with van der Waals surface area (Å²) < 4.78 is 5.28. The van der Waals surface area contributed by atoms with Crippen molar-refractivity contribution < 1.29 is 19.1 Å². The van der Waals surface area contributed by atoms with Crippen LogP contribution in [0.5, 0.6) is 5.75 Å². The van der Waals surface area contributed by atoms with Crippen molar-refractivity contribution in [3.05, 3.63) is 65.2 Å². The third kappa shape index (κ3) is 4.46. The number of carbonyl (C=O) groups is 3. The van der Waals surface area contributed by atoms with Gasteiger partial charge in [0.2, 0.25) is 5.91 Å². The van der Waals surface area contributed by atoms with E-state index < -0.39 is 0 Å². The topological polar surface area (TPSA) is 79.0 Å². The van der Waals surface area contributed by atoms with E-state index in [-0.39, 0.29) is 36.7 Å². The van der Waals surface area contributed by atoms with Gasteiger partial charge < -0.3 is 15.0 Å². The van der Waals surface area contributed by atoms with Crippen molar-refractivity contribution >= 4 is 17.7 Å². The summed E-state index contributed by atoms with van der Waals surface area (Å²) >= 11 is 0. The van der Waals surface area contributed by atoms with Gasteiger partial charge in [-0.25, -0.2) is 0 Å². The minimum absolute atomic E-state index is 0.0339. The number of rotatable bonds is 8. The molecule has 0 bridgehead atoms. The number of methoxy groups -OCH3 is 1. The molecule has 0 aliphatic carbocycles. The predicted molar refractivity (Wildman–Crippen MR) is 109 cm³/mol. The van der Waals surface area contributed by atoms with E-state index in [2.05, 4.69) is 5.32 Å². The highest BCUT2D eigenvalue weighted by Crippen LogP contribution is 2.23. The minimum Gasteiger partial charge on any atom is -0.497 e. The summed E-state index contributed by atoms with van der Waals surface area (Å²) in [7, 11) is 5.49. The van der Waals surface area contributed by atoms with Gasteiger partial charge in [0.05, 0.1) is 24.3 Å². The second kappa shape index (κ2) is 8.87. The van der Waals surface area contributed by atoms with Crippen LogP contribution in [0.1, 0.15) is 38.7 Å². The molecule has 3 amide bonds. The van der Waals surface area contributed by atoms with Crippen molar-refractivity contribution in [3.63, 3.8) is 0 Å². The van der Waals surface area contributed by atoms with Crippen molar-refractivity contribution in [3.8, 4) is 5.75 Å². The summed E-state index contributed by atoms with van der Waals surface area (Å²) in [6, 6.07) is 14.4. The number of imide groups is 1. The van der Waals surface area contributed by atoms with Crippen molar-refractivity contribution in [2.75, 3.05) is 34.3 Å². The maximum atomic E-state index is 12.4. The van der Waals surface area contributed by atoms with Crippen LogP contribution in [0.25, 0.3) is 0 Å². The number of benzene rings is 2. The summed E-state index contributed by atoms with van der Waals surface area (Å²) in [5.41, 5.74) is 1.81. The van der Waals surface area contributed by atoms with Crippen LogP contribution in [0.3, 0.4) is 0 Å². The van der Waals surface area contributed by atoms with Gasteiger partial charge in [-0.3, -0.25) is 19.3 Å². The lowest BCUT2D eigenvalue weighted by molar-refractivity contribution is -0.121. The van der Waals surface area contributed by atoms with Crippen LogP contribution in [0.2, 0.25) is 0 Å². The van der Waals surface area contributed by atoms with Crippen LogP contribution in [-0.4, -0.2) is 61.8 Å². The van der Waals surface area contributed by atoms with E-state index in [0.29, 0.717) is 17.7 Å². The summed E-state index contributed by atoms with van der Waals surface area (Å²) in [4.78, 5) is 40.3. The van der Waals surface area contributed by atoms with Crippen molar-refractivity contribution in [2.45, 2.75) is 12.5 Å². The lowest BCUT2D eigenvalue weighted by Crippen LogP contribution is -2.37. The van der Waals surface area contributed by atoms with E-state index in [1.165, 1.54) is 0 Å². The summed E-state index contributed by atoms with van der Waals surface area (Å²) in [5.74, 6) is -0.149. The van der Waals surface area contributed by atoms with Gasteiger partial charge in [-0.15, -0.1) is 0 Å². The van der Waals surface area contributed by atoms with E-state index in [0.717, 1.165) is 16.2 Å². The SMILES string of the molecule is COc1cccc(C(CNC(=O)CCN2C(=O)c3ccccc3C2=O)N(C)C)c1. The highest BCUT2D eigenvalue weighted by Gasteiger charge is 2.35. The molecule has 2 aromatic rings. The second-order valence-corrected chi connectivity index (χ2v) is 7.12. The molecule has 0 radical (unpaired) electrons. The Bertz CT molecular complexity index is 891. The number of nitrogens with one attached hydrogen (secondary N) is 1. The molecule has 2 aromatic carbocycles. The molecule has 1 aliphatic heterocycles. The monoisotopic (exact) mass is 395 g/mol.